The Kier molecular flexibility index (Phi) is 4.37. The van der Waals surface area contributed by atoms with Crippen LogP contribution in [0.5, 0.6) is 0 Å². The number of rotatable bonds is 4. The summed E-state index contributed by atoms with van der Waals surface area (Å²) in [6.07, 6.45) is 0. The third kappa shape index (κ3) is 3.16. The van der Waals surface area contributed by atoms with Gasteiger partial charge in [0.2, 0.25) is 5.91 Å². The van der Waals surface area contributed by atoms with Crippen LogP contribution in [-0.2, 0) is 10.0 Å². The Labute approximate surface area is 133 Å². The van der Waals surface area contributed by atoms with Gasteiger partial charge in [0.25, 0.3) is 10.0 Å². The number of urea groups is 1. The summed E-state index contributed by atoms with van der Waals surface area (Å²) in [7, 11) is -4.22. The summed E-state index contributed by atoms with van der Waals surface area (Å²) >= 11 is 0. The average molecular weight is 333 g/mol. The highest BCUT2D eigenvalue weighted by molar-refractivity contribution is 7.93. The molecule has 2 aromatic rings. The van der Waals surface area contributed by atoms with E-state index >= 15 is 0 Å². The zero-order chi connectivity index (χ0) is 17.2. The topological polar surface area (TPSA) is 124 Å². The number of aryl methyl sites for hydroxylation is 1. The van der Waals surface area contributed by atoms with E-state index < -0.39 is 22.0 Å². The lowest BCUT2D eigenvalue weighted by Crippen LogP contribution is -2.41. The zero-order valence-corrected chi connectivity index (χ0v) is 13.1. The predicted octanol–water partition coefficient (Wildman–Crippen LogP) is 1.37. The van der Waals surface area contributed by atoms with Gasteiger partial charge in [-0.15, -0.1) is 0 Å². The summed E-state index contributed by atoms with van der Waals surface area (Å²) in [4.78, 5) is 23.0. The van der Waals surface area contributed by atoms with E-state index in [9.17, 15) is 18.0 Å². The number of hydrogen-bond acceptors (Lipinski definition) is 4. The second-order valence-corrected chi connectivity index (χ2v) is 6.54. The minimum atomic E-state index is -4.22. The van der Waals surface area contributed by atoms with Gasteiger partial charge in [-0.25, -0.2) is 13.2 Å². The number of anilines is 1. The maximum absolute atomic E-state index is 12.8. The second-order valence-electron chi connectivity index (χ2n) is 4.79. The summed E-state index contributed by atoms with van der Waals surface area (Å²) in [5.41, 5.74) is 10.9. The van der Waals surface area contributed by atoms with Crippen molar-refractivity contribution < 1.29 is 18.0 Å². The summed E-state index contributed by atoms with van der Waals surface area (Å²) in [6.45, 7) is 1.60. The van der Waals surface area contributed by atoms with Gasteiger partial charge < -0.3 is 11.5 Å². The number of nitrogens with two attached hydrogens (primary N) is 2. The largest absolute Gasteiger partial charge is 0.366 e. The van der Waals surface area contributed by atoms with Crippen LogP contribution in [0.1, 0.15) is 15.9 Å². The normalized spacial score (nSPS) is 11.0. The van der Waals surface area contributed by atoms with Crippen molar-refractivity contribution in [3.05, 3.63) is 59.7 Å². The monoisotopic (exact) mass is 333 g/mol. The van der Waals surface area contributed by atoms with Gasteiger partial charge in [-0.2, -0.15) is 4.31 Å². The van der Waals surface area contributed by atoms with Gasteiger partial charge in [-0.1, -0.05) is 24.3 Å². The lowest BCUT2D eigenvalue weighted by atomic mass is 10.2. The molecule has 7 nitrogen and oxygen atoms in total. The van der Waals surface area contributed by atoms with Crippen LogP contribution < -0.4 is 15.8 Å². The van der Waals surface area contributed by atoms with Crippen LogP contribution in [0.15, 0.2) is 53.4 Å². The fourth-order valence-corrected chi connectivity index (χ4v) is 3.66. The highest BCUT2D eigenvalue weighted by Gasteiger charge is 2.30. The molecular formula is C15H15N3O4S. The van der Waals surface area contributed by atoms with Gasteiger partial charge in [0.15, 0.2) is 0 Å². The number of carbonyl (C=O) groups is 2. The van der Waals surface area contributed by atoms with E-state index in [-0.39, 0.29) is 16.1 Å². The number of carbonyl (C=O) groups excluding carboxylic acids is 2. The molecule has 0 radical (unpaired) electrons. The van der Waals surface area contributed by atoms with Crippen LogP contribution in [0.25, 0.3) is 0 Å². The van der Waals surface area contributed by atoms with E-state index in [1.54, 1.807) is 25.1 Å². The Balaban J connectivity index is 2.64. The quantitative estimate of drug-likeness (QED) is 0.876. The molecule has 0 aliphatic carbocycles. The third-order valence-electron chi connectivity index (χ3n) is 3.18. The SMILES string of the molecule is Cc1ccccc1S(=O)(=O)N(C(N)=O)c1cccc(C(N)=O)c1. The van der Waals surface area contributed by atoms with Crippen molar-refractivity contribution in [2.24, 2.45) is 11.5 Å². The summed E-state index contributed by atoms with van der Waals surface area (Å²) in [6, 6.07) is 10.4. The molecule has 0 bridgehead atoms. The van der Waals surface area contributed by atoms with Gasteiger partial charge in [0, 0.05) is 5.56 Å². The highest BCUT2D eigenvalue weighted by atomic mass is 32.2. The van der Waals surface area contributed by atoms with Crippen molar-refractivity contribution in [2.45, 2.75) is 11.8 Å². The number of primary amides is 2. The Bertz CT molecular complexity index is 878. The second kappa shape index (κ2) is 6.09. The van der Waals surface area contributed by atoms with Crippen molar-refractivity contribution >= 4 is 27.6 Å². The summed E-state index contributed by atoms with van der Waals surface area (Å²) in [5.74, 6) is -0.746. The van der Waals surface area contributed by atoms with Crippen LogP contribution in [0.2, 0.25) is 0 Å². The number of amides is 3. The minimum absolute atomic E-state index is 0.0525. The molecule has 0 unspecified atom stereocenters. The van der Waals surface area contributed by atoms with Crippen molar-refractivity contribution in [1.29, 1.82) is 0 Å². The molecule has 2 rings (SSSR count). The molecular weight excluding hydrogens is 318 g/mol. The van der Waals surface area contributed by atoms with Crippen molar-refractivity contribution in [3.63, 3.8) is 0 Å². The maximum Gasteiger partial charge on any atom is 0.333 e. The average Bonchev–Trinajstić information content (AvgIpc) is 2.47. The standard InChI is InChI=1S/C15H15N3O4S/c1-10-5-2-3-8-13(10)23(21,22)18(15(17)20)12-7-4-6-11(9-12)14(16)19/h2-9H,1H3,(H2,16,19)(H2,17,20). The Morgan fingerprint density at radius 3 is 2.22 bits per heavy atom. The van der Waals surface area contributed by atoms with E-state index in [1.807, 2.05) is 0 Å². The minimum Gasteiger partial charge on any atom is -0.366 e. The first kappa shape index (κ1) is 16.5. The van der Waals surface area contributed by atoms with E-state index in [1.165, 1.54) is 30.3 Å². The molecule has 2 aromatic carbocycles. The number of benzene rings is 2. The van der Waals surface area contributed by atoms with E-state index in [0.717, 1.165) is 0 Å². The number of nitrogens with zero attached hydrogens (tertiary/aromatic N) is 1. The first-order valence-corrected chi connectivity index (χ1v) is 7.99. The van der Waals surface area contributed by atoms with Crippen LogP contribution in [0.4, 0.5) is 10.5 Å². The lowest BCUT2D eigenvalue weighted by molar-refractivity contribution is 0.1000. The third-order valence-corrected chi connectivity index (χ3v) is 5.06. The van der Waals surface area contributed by atoms with Gasteiger partial charge in [-0.05, 0) is 36.8 Å². The lowest BCUT2D eigenvalue weighted by Gasteiger charge is -2.21. The van der Waals surface area contributed by atoms with Crippen molar-refractivity contribution in [1.82, 2.24) is 0 Å². The maximum atomic E-state index is 12.8. The smallest absolute Gasteiger partial charge is 0.333 e. The fraction of sp³-hybridized carbons (Fsp3) is 0.0667. The Hall–Kier alpha value is -2.87. The molecule has 0 spiro atoms. The molecule has 0 aliphatic heterocycles. The molecule has 0 saturated heterocycles. The van der Waals surface area contributed by atoms with Gasteiger partial charge in [0.1, 0.15) is 0 Å². The van der Waals surface area contributed by atoms with E-state index in [2.05, 4.69) is 0 Å². The highest BCUT2D eigenvalue weighted by Crippen LogP contribution is 2.26. The van der Waals surface area contributed by atoms with Crippen LogP contribution >= 0.6 is 0 Å². The molecule has 4 N–H and O–H groups in total. The van der Waals surface area contributed by atoms with Gasteiger partial charge in [0.05, 0.1) is 10.6 Å². The predicted molar refractivity (Wildman–Crippen MR) is 85.4 cm³/mol. The molecule has 23 heavy (non-hydrogen) atoms. The Morgan fingerprint density at radius 1 is 1.00 bits per heavy atom. The van der Waals surface area contributed by atoms with Crippen LogP contribution in [0, 0.1) is 6.92 Å². The fourth-order valence-electron chi connectivity index (χ4n) is 2.11. The summed E-state index contributed by atoms with van der Waals surface area (Å²) < 4.78 is 26.0. The summed E-state index contributed by atoms with van der Waals surface area (Å²) in [5, 5.41) is 0. The molecule has 0 saturated carbocycles. The molecule has 0 aromatic heterocycles. The van der Waals surface area contributed by atoms with Crippen LogP contribution in [0.3, 0.4) is 0 Å². The number of sulfonamides is 1. The molecule has 0 fully saturated rings. The van der Waals surface area contributed by atoms with Crippen molar-refractivity contribution in [3.8, 4) is 0 Å². The molecule has 0 aliphatic rings. The van der Waals surface area contributed by atoms with E-state index in [4.69, 9.17) is 11.5 Å². The molecule has 8 heteroatoms. The number of hydrogen-bond donors (Lipinski definition) is 2. The van der Waals surface area contributed by atoms with Gasteiger partial charge >= 0.3 is 6.03 Å². The molecule has 120 valence electrons. The van der Waals surface area contributed by atoms with Crippen molar-refractivity contribution in [2.75, 3.05) is 4.31 Å². The molecule has 0 atom stereocenters. The zero-order valence-electron chi connectivity index (χ0n) is 12.3. The van der Waals surface area contributed by atoms with Crippen LogP contribution in [-0.4, -0.2) is 20.4 Å². The molecule has 0 heterocycles. The van der Waals surface area contributed by atoms with E-state index in [0.29, 0.717) is 9.87 Å². The Morgan fingerprint density at radius 2 is 1.65 bits per heavy atom. The first-order valence-electron chi connectivity index (χ1n) is 6.55. The molecule has 3 amide bonds. The first-order chi connectivity index (χ1) is 10.7. The van der Waals surface area contributed by atoms with Gasteiger partial charge in [-0.3, -0.25) is 4.79 Å².